The van der Waals surface area contributed by atoms with E-state index in [1.165, 1.54) is 23.2 Å². The van der Waals surface area contributed by atoms with Crippen LogP contribution >= 0.6 is 11.6 Å². The topological polar surface area (TPSA) is 62.4 Å². The summed E-state index contributed by atoms with van der Waals surface area (Å²) in [6, 6.07) is 9.90. The fourth-order valence-corrected chi connectivity index (χ4v) is 1.90. The van der Waals surface area contributed by atoms with Gasteiger partial charge in [0, 0.05) is 24.3 Å². The summed E-state index contributed by atoms with van der Waals surface area (Å²) in [6.07, 6.45) is 1.40. The minimum atomic E-state index is -0.238. The van der Waals surface area contributed by atoms with Crippen molar-refractivity contribution in [1.29, 1.82) is 0 Å². The SMILES string of the molecule is CN(CCOc1cccc(Cl)c1)C(=O)c1ccc(=O)[nH]c1. The zero-order valence-corrected chi connectivity index (χ0v) is 12.3. The number of nitrogens with one attached hydrogen (secondary N) is 1. The summed E-state index contributed by atoms with van der Waals surface area (Å²) in [5.74, 6) is 0.480. The number of benzene rings is 1. The zero-order valence-electron chi connectivity index (χ0n) is 11.5. The third-order valence-electron chi connectivity index (χ3n) is 2.87. The summed E-state index contributed by atoms with van der Waals surface area (Å²) in [5.41, 5.74) is 0.193. The lowest BCUT2D eigenvalue weighted by Gasteiger charge is -2.17. The van der Waals surface area contributed by atoms with E-state index in [0.29, 0.717) is 29.5 Å². The number of rotatable bonds is 5. The molecule has 6 heteroatoms. The second-order valence-electron chi connectivity index (χ2n) is 4.47. The standard InChI is InChI=1S/C15H15ClN2O3/c1-18(15(20)11-5-6-14(19)17-10-11)7-8-21-13-4-2-3-12(16)9-13/h2-6,9-10H,7-8H2,1H3,(H,17,19). The molecule has 5 nitrogen and oxygen atoms in total. The average Bonchev–Trinajstić information content (AvgIpc) is 2.47. The number of carbonyl (C=O) groups excluding carboxylic acids is 1. The van der Waals surface area contributed by atoms with Crippen molar-refractivity contribution in [2.24, 2.45) is 0 Å². The van der Waals surface area contributed by atoms with Crippen molar-refractivity contribution in [3.63, 3.8) is 0 Å². The van der Waals surface area contributed by atoms with Gasteiger partial charge in [0.1, 0.15) is 12.4 Å². The number of hydrogen-bond donors (Lipinski definition) is 1. The highest BCUT2D eigenvalue weighted by molar-refractivity contribution is 6.30. The van der Waals surface area contributed by atoms with Gasteiger partial charge in [0.25, 0.3) is 5.91 Å². The molecular weight excluding hydrogens is 292 g/mol. The molecule has 0 atom stereocenters. The van der Waals surface area contributed by atoms with Crippen molar-refractivity contribution < 1.29 is 9.53 Å². The van der Waals surface area contributed by atoms with Crippen molar-refractivity contribution in [3.05, 3.63) is 63.5 Å². The maximum Gasteiger partial charge on any atom is 0.255 e. The van der Waals surface area contributed by atoms with Crippen LogP contribution in [0.2, 0.25) is 5.02 Å². The second-order valence-corrected chi connectivity index (χ2v) is 4.91. The predicted molar refractivity (Wildman–Crippen MR) is 81.0 cm³/mol. The lowest BCUT2D eigenvalue weighted by molar-refractivity contribution is 0.0773. The van der Waals surface area contributed by atoms with E-state index in [0.717, 1.165) is 0 Å². The van der Waals surface area contributed by atoms with Crippen molar-refractivity contribution >= 4 is 17.5 Å². The lowest BCUT2D eigenvalue weighted by atomic mass is 10.2. The molecule has 0 aliphatic heterocycles. The number of ether oxygens (including phenoxy) is 1. The summed E-state index contributed by atoms with van der Waals surface area (Å²) in [5, 5.41) is 0.602. The number of aromatic nitrogens is 1. The highest BCUT2D eigenvalue weighted by Gasteiger charge is 2.11. The normalized spacial score (nSPS) is 10.2. The Balaban J connectivity index is 1.86. The number of halogens is 1. The van der Waals surface area contributed by atoms with Gasteiger partial charge in [-0.15, -0.1) is 0 Å². The summed E-state index contributed by atoms with van der Waals surface area (Å²) < 4.78 is 5.53. The van der Waals surface area contributed by atoms with Crippen LogP contribution in [0.4, 0.5) is 0 Å². The van der Waals surface area contributed by atoms with E-state index < -0.39 is 0 Å². The summed E-state index contributed by atoms with van der Waals surface area (Å²) in [4.78, 5) is 27.0. The third kappa shape index (κ3) is 4.36. The Kier molecular flexibility index (Phi) is 5.00. The maximum absolute atomic E-state index is 12.1. The molecule has 1 aromatic carbocycles. The van der Waals surface area contributed by atoms with Crippen LogP contribution in [-0.2, 0) is 0 Å². The molecule has 2 aromatic rings. The number of carbonyl (C=O) groups is 1. The molecule has 1 amide bonds. The van der Waals surface area contributed by atoms with Crippen LogP contribution in [0.3, 0.4) is 0 Å². The monoisotopic (exact) mass is 306 g/mol. The third-order valence-corrected chi connectivity index (χ3v) is 3.10. The number of amides is 1. The molecule has 0 radical (unpaired) electrons. The Morgan fingerprint density at radius 1 is 1.33 bits per heavy atom. The van der Waals surface area contributed by atoms with Crippen molar-refractivity contribution in [2.75, 3.05) is 20.2 Å². The molecule has 0 spiro atoms. The van der Waals surface area contributed by atoms with E-state index in [4.69, 9.17) is 16.3 Å². The number of aromatic amines is 1. The quantitative estimate of drug-likeness (QED) is 0.921. The Morgan fingerprint density at radius 2 is 2.14 bits per heavy atom. The fraction of sp³-hybridized carbons (Fsp3) is 0.200. The average molecular weight is 307 g/mol. The summed E-state index contributed by atoms with van der Waals surface area (Å²) in [7, 11) is 1.68. The van der Waals surface area contributed by atoms with Crippen LogP contribution in [0.25, 0.3) is 0 Å². The summed E-state index contributed by atoms with van der Waals surface area (Å²) >= 11 is 5.86. The molecule has 0 unspecified atom stereocenters. The van der Waals surface area contributed by atoms with Gasteiger partial charge in [-0.05, 0) is 24.3 Å². The van der Waals surface area contributed by atoms with E-state index in [2.05, 4.69) is 4.98 Å². The first-order valence-corrected chi connectivity index (χ1v) is 6.76. The predicted octanol–water partition coefficient (Wildman–Crippen LogP) is 2.18. The molecule has 0 aliphatic rings. The van der Waals surface area contributed by atoms with Gasteiger partial charge in [0.2, 0.25) is 5.56 Å². The Bertz CT molecular complexity index is 664. The van der Waals surface area contributed by atoms with Crippen molar-refractivity contribution in [1.82, 2.24) is 9.88 Å². The maximum atomic E-state index is 12.1. The van der Waals surface area contributed by atoms with Crippen LogP contribution in [0.5, 0.6) is 5.75 Å². The zero-order chi connectivity index (χ0) is 15.2. The number of likely N-dealkylation sites (N-methyl/N-ethyl adjacent to an activating group) is 1. The van der Waals surface area contributed by atoms with Gasteiger partial charge in [-0.3, -0.25) is 9.59 Å². The first kappa shape index (κ1) is 15.1. The molecule has 1 heterocycles. The molecule has 110 valence electrons. The van der Waals surface area contributed by atoms with Gasteiger partial charge < -0.3 is 14.6 Å². The number of nitrogens with zero attached hydrogens (tertiary/aromatic N) is 1. The first-order valence-electron chi connectivity index (χ1n) is 6.39. The van der Waals surface area contributed by atoms with Gasteiger partial charge >= 0.3 is 0 Å². The van der Waals surface area contributed by atoms with E-state index in [-0.39, 0.29) is 11.5 Å². The number of H-pyrrole nitrogens is 1. The largest absolute Gasteiger partial charge is 0.492 e. The smallest absolute Gasteiger partial charge is 0.255 e. The Morgan fingerprint density at radius 3 is 2.81 bits per heavy atom. The van der Waals surface area contributed by atoms with Crippen LogP contribution in [0.15, 0.2) is 47.4 Å². The van der Waals surface area contributed by atoms with Crippen LogP contribution in [0, 0.1) is 0 Å². The van der Waals surface area contributed by atoms with Crippen LogP contribution in [-0.4, -0.2) is 36.0 Å². The minimum Gasteiger partial charge on any atom is -0.492 e. The molecule has 21 heavy (non-hydrogen) atoms. The molecule has 0 saturated heterocycles. The molecule has 0 saturated carbocycles. The molecular formula is C15H15ClN2O3. The van der Waals surface area contributed by atoms with Gasteiger partial charge in [-0.2, -0.15) is 0 Å². The molecule has 0 aliphatic carbocycles. The molecule has 0 bridgehead atoms. The van der Waals surface area contributed by atoms with Gasteiger partial charge in [0.15, 0.2) is 0 Å². The van der Waals surface area contributed by atoms with Gasteiger partial charge in [-0.25, -0.2) is 0 Å². The fourth-order valence-electron chi connectivity index (χ4n) is 1.72. The first-order chi connectivity index (χ1) is 10.1. The highest BCUT2D eigenvalue weighted by atomic mass is 35.5. The minimum absolute atomic E-state index is 0.180. The molecule has 1 aromatic heterocycles. The highest BCUT2D eigenvalue weighted by Crippen LogP contribution is 2.16. The molecule has 0 fully saturated rings. The van der Waals surface area contributed by atoms with Crippen molar-refractivity contribution in [3.8, 4) is 5.75 Å². The van der Waals surface area contributed by atoms with Crippen LogP contribution in [0.1, 0.15) is 10.4 Å². The van der Waals surface area contributed by atoms with E-state index in [9.17, 15) is 9.59 Å². The number of pyridine rings is 1. The van der Waals surface area contributed by atoms with Crippen molar-refractivity contribution in [2.45, 2.75) is 0 Å². The lowest BCUT2D eigenvalue weighted by Crippen LogP contribution is -2.31. The Labute approximate surface area is 127 Å². The van der Waals surface area contributed by atoms with Gasteiger partial charge in [0.05, 0.1) is 12.1 Å². The molecule has 1 N–H and O–H groups in total. The molecule has 2 rings (SSSR count). The van der Waals surface area contributed by atoms with Gasteiger partial charge in [-0.1, -0.05) is 17.7 Å². The second kappa shape index (κ2) is 6.95. The van der Waals surface area contributed by atoms with Crippen LogP contribution < -0.4 is 10.3 Å². The number of hydrogen-bond acceptors (Lipinski definition) is 3. The summed E-state index contributed by atoms with van der Waals surface area (Å²) in [6.45, 7) is 0.774. The van der Waals surface area contributed by atoms with E-state index in [1.807, 2.05) is 0 Å². The van der Waals surface area contributed by atoms with E-state index >= 15 is 0 Å². The Hall–Kier alpha value is -2.27. The van der Waals surface area contributed by atoms with E-state index in [1.54, 1.807) is 31.3 Å².